The summed E-state index contributed by atoms with van der Waals surface area (Å²) in [5.74, 6) is 0.485. The normalized spacial score (nSPS) is 18.0. The van der Waals surface area contributed by atoms with Crippen LogP contribution in [0.5, 0.6) is 0 Å². The predicted molar refractivity (Wildman–Crippen MR) is 105 cm³/mol. The number of nitrogens with one attached hydrogen (secondary N) is 2. The second-order valence-corrected chi connectivity index (χ2v) is 7.29. The molecule has 1 unspecified atom stereocenters. The van der Waals surface area contributed by atoms with Gasteiger partial charge < -0.3 is 15.2 Å². The quantitative estimate of drug-likeness (QED) is 0.781. The van der Waals surface area contributed by atoms with E-state index in [0.29, 0.717) is 37.6 Å². The molecular formula is C20H30FN5O. The van der Waals surface area contributed by atoms with Crippen molar-refractivity contribution in [1.82, 2.24) is 25.1 Å². The van der Waals surface area contributed by atoms with E-state index in [2.05, 4.69) is 27.1 Å². The van der Waals surface area contributed by atoms with Crippen LogP contribution in [0.3, 0.4) is 0 Å². The van der Waals surface area contributed by atoms with Crippen LogP contribution < -0.4 is 5.32 Å². The highest BCUT2D eigenvalue weighted by molar-refractivity contribution is 5.75. The van der Waals surface area contributed by atoms with Gasteiger partial charge in [-0.15, -0.1) is 0 Å². The Morgan fingerprint density at radius 3 is 3.07 bits per heavy atom. The van der Waals surface area contributed by atoms with E-state index >= 15 is 0 Å². The third-order valence-electron chi connectivity index (χ3n) is 5.40. The van der Waals surface area contributed by atoms with Crippen molar-refractivity contribution in [2.45, 2.75) is 45.6 Å². The summed E-state index contributed by atoms with van der Waals surface area (Å²) >= 11 is 0. The monoisotopic (exact) mass is 375 g/mol. The van der Waals surface area contributed by atoms with Crippen LogP contribution in [0, 0.1) is 5.82 Å². The molecular weight excluding hydrogens is 345 g/mol. The fourth-order valence-electron chi connectivity index (χ4n) is 3.71. The minimum atomic E-state index is -0.282. The topological polar surface area (TPSA) is 64.3 Å². The van der Waals surface area contributed by atoms with Crippen LogP contribution in [0.25, 0.3) is 11.0 Å². The molecule has 0 aliphatic carbocycles. The Bertz CT molecular complexity index is 762. The van der Waals surface area contributed by atoms with Gasteiger partial charge in [-0.2, -0.15) is 0 Å². The van der Waals surface area contributed by atoms with Crippen molar-refractivity contribution in [2.75, 3.05) is 32.7 Å². The average molecular weight is 375 g/mol. The lowest BCUT2D eigenvalue weighted by Crippen LogP contribution is -2.46. The highest BCUT2D eigenvalue weighted by atomic mass is 19.1. The molecule has 2 amide bonds. The molecule has 0 saturated carbocycles. The molecule has 0 bridgehead atoms. The number of piperidine rings is 1. The summed E-state index contributed by atoms with van der Waals surface area (Å²) in [5.41, 5.74) is 1.43. The van der Waals surface area contributed by atoms with Crippen LogP contribution in [0.2, 0.25) is 0 Å². The molecule has 1 aromatic carbocycles. The first-order valence-electron chi connectivity index (χ1n) is 9.97. The minimum absolute atomic E-state index is 0.0377. The van der Waals surface area contributed by atoms with Gasteiger partial charge in [0.2, 0.25) is 0 Å². The number of aromatic amines is 1. The number of urea groups is 1. The van der Waals surface area contributed by atoms with Gasteiger partial charge in [0.15, 0.2) is 0 Å². The first-order valence-corrected chi connectivity index (χ1v) is 9.97. The molecule has 3 rings (SSSR count). The molecule has 0 radical (unpaired) electrons. The SMILES string of the molecule is CCN(CCc1nc2ccc(F)cc2[nH]1)C(=O)NCCN1CCCCC1C. The van der Waals surface area contributed by atoms with Crippen molar-refractivity contribution in [3.63, 3.8) is 0 Å². The lowest BCUT2D eigenvalue weighted by atomic mass is 10.0. The first kappa shape index (κ1) is 19.6. The summed E-state index contributed by atoms with van der Waals surface area (Å²) in [7, 11) is 0. The van der Waals surface area contributed by atoms with Crippen LogP contribution in [0.15, 0.2) is 18.2 Å². The first-order chi connectivity index (χ1) is 13.1. The molecule has 1 aliphatic heterocycles. The maximum absolute atomic E-state index is 13.3. The van der Waals surface area contributed by atoms with Crippen LogP contribution in [0.1, 0.15) is 38.9 Å². The second-order valence-electron chi connectivity index (χ2n) is 7.29. The second kappa shape index (κ2) is 9.17. The van der Waals surface area contributed by atoms with Crippen molar-refractivity contribution in [3.05, 3.63) is 29.8 Å². The van der Waals surface area contributed by atoms with Crippen LogP contribution in [-0.2, 0) is 6.42 Å². The fourth-order valence-corrected chi connectivity index (χ4v) is 3.71. The number of carbonyl (C=O) groups is 1. The van der Waals surface area contributed by atoms with E-state index in [9.17, 15) is 9.18 Å². The molecule has 27 heavy (non-hydrogen) atoms. The molecule has 7 heteroatoms. The summed E-state index contributed by atoms with van der Waals surface area (Å²) in [6.45, 7) is 8.15. The summed E-state index contributed by atoms with van der Waals surface area (Å²) in [6.07, 6.45) is 4.42. The van der Waals surface area contributed by atoms with Gasteiger partial charge in [0.25, 0.3) is 0 Å². The van der Waals surface area contributed by atoms with Crippen molar-refractivity contribution < 1.29 is 9.18 Å². The summed E-state index contributed by atoms with van der Waals surface area (Å²) < 4.78 is 13.3. The van der Waals surface area contributed by atoms with E-state index in [1.807, 2.05) is 6.92 Å². The Kier molecular flexibility index (Phi) is 6.66. The number of benzene rings is 1. The molecule has 6 nitrogen and oxygen atoms in total. The Morgan fingerprint density at radius 2 is 2.30 bits per heavy atom. The number of rotatable bonds is 7. The molecule has 148 valence electrons. The van der Waals surface area contributed by atoms with Gasteiger partial charge in [0, 0.05) is 38.6 Å². The Hall–Kier alpha value is -2.15. The van der Waals surface area contributed by atoms with Crippen LogP contribution >= 0.6 is 0 Å². The molecule has 2 N–H and O–H groups in total. The van der Waals surface area contributed by atoms with E-state index in [0.717, 1.165) is 24.4 Å². The zero-order chi connectivity index (χ0) is 19.2. The highest BCUT2D eigenvalue weighted by Crippen LogP contribution is 2.15. The number of hydrogen-bond acceptors (Lipinski definition) is 3. The smallest absolute Gasteiger partial charge is 0.317 e. The number of carbonyl (C=O) groups excluding carboxylic acids is 1. The molecule has 2 heterocycles. The van der Waals surface area contributed by atoms with E-state index < -0.39 is 0 Å². The summed E-state index contributed by atoms with van der Waals surface area (Å²) in [4.78, 5) is 24.3. The maximum atomic E-state index is 13.3. The number of hydrogen-bond donors (Lipinski definition) is 2. The number of nitrogens with zero attached hydrogens (tertiary/aromatic N) is 3. The van der Waals surface area contributed by atoms with Crippen molar-refractivity contribution in [1.29, 1.82) is 0 Å². The van der Waals surface area contributed by atoms with Crippen molar-refractivity contribution in [2.24, 2.45) is 0 Å². The number of halogens is 1. The number of likely N-dealkylation sites (N-methyl/N-ethyl adjacent to an activating group) is 1. The van der Waals surface area contributed by atoms with Gasteiger partial charge in [0.1, 0.15) is 11.6 Å². The molecule has 1 fully saturated rings. The number of fused-ring (bicyclic) bond motifs is 1. The van der Waals surface area contributed by atoms with E-state index in [4.69, 9.17) is 0 Å². The van der Waals surface area contributed by atoms with Gasteiger partial charge >= 0.3 is 6.03 Å². The number of H-pyrrole nitrogens is 1. The molecule has 1 atom stereocenters. The average Bonchev–Trinajstić information content (AvgIpc) is 3.05. The zero-order valence-electron chi connectivity index (χ0n) is 16.3. The Balaban J connectivity index is 1.46. The van der Waals surface area contributed by atoms with Crippen LogP contribution in [-0.4, -0.2) is 64.6 Å². The Morgan fingerprint density at radius 1 is 1.44 bits per heavy atom. The van der Waals surface area contributed by atoms with E-state index in [1.54, 1.807) is 11.0 Å². The fraction of sp³-hybridized carbons (Fsp3) is 0.600. The zero-order valence-corrected chi connectivity index (χ0v) is 16.3. The van der Waals surface area contributed by atoms with Crippen LogP contribution in [0.4, 0.5) is 9.18 Å². The third-order valence-corrected chi connectivity index (χ3v) is 5.40. The van der Waals surface area contributed by atoms with Gasteiger partial charge in [0.05, 0.1) is 11.0 Å². The van der Waals surface area contributed by atoms with E-state index in [-0.39, 0.29) is 11.8 Å². The minimum Gasteiger partial charge on any atom is -0.342 e. The van der Waals surface area contributed by atoms with Gasteiger partial charge in [-0.3, -0.25) is 4.90 Å². The molecule has 2 aromatic rings. The van der Waals surface area contributed by atoms with Crippen molar-refractivity contribution >= 4 is 17.1 Å². The van der Waals surface area contributed by atoms with E-state index in [1.165, 1.54) is 31.4 Å². The van der Waals surface area contributed by atoms with Gasteiger partial charge in [-0.05, 0) is 51.4 Å². The summed E-state index contributed by atoms with van der Waals surface area (Å²) in [5, 5.41) is 3.04. The third kappa shape index (κ3) is 5.19. The lowest BCUT2D eigenvalue weighted by molar-refractivity contribution is 0.158. The summed E-state index contributed by atoms with van der Waals surface area (Å²) in [6, 6.07) is 5.08. The number of likely N-dealkylation sites (tertiary alicyclic amines) is 1. The van der Waals surface area contributed by atoms with Gasteiger partial charge in [-0.1, -0.05) is 6.42 Å². The Labute approximate surface area is 160 Å². The number of imidazole rings is 1. The number of amides is 2. The highest BCUT2D eigenvalue weighted by Gasteiger charge is 2.18. The number of aromatic nitrogens is 2. The maximum Gasteiger partial charge on any atom is 0.317 e. The predicted octanol–water partition coefficient (Wildman–Crippen LogP) is 3.15. The lowest BCUT2D eigenvalue weighted by Gasteiger charge is -2.33. The molecule has 1 aliphatic rings. The molecule has 0 spiro atoms. The largest absolute Gasteiger partial charge is 0.342 e. The van der Waals surface area contributed by atoms with Gasteiger partial charge in [-0.25, -0.2) is 14.2 Å². The standard InChI is InChI=1S/C20H30FN5O/c1-3-25(20(27)22-10-13-26-11-5-4-6-15(26)2)12-9-19-23-17-8-7-16(21)14-18(17)24-19/h7-8,14-15H,3-6,9-13H2,1-2H3,(H,22,27)(H,23,24). The van der Waals surface area contributed by atoms with Crippen molar-refractivity contribution in [3.8, 4) is 0 Å². The molecule has 1 aromatic heterocycles. The molecule has 1 saturated heterocycles.